The van der Waals surface area contributed by atoms with E-state index in [0.717, 1.165) is 11.1 Å². The number of benzene rings is 3. The van der Waals surface area contributed by atoms with Crippen LogP contribution in [0.3, 0.4) is 0 Å². The van der Waals surface area contributed by atoms with Crippen LogP contribution < -0.4 is 9.44 Å². The Balaban J connectivity index is 1.95. The van der Waals surface area contributed by atoms with Crippen LogP contribution in [0.25, 0.3) is 0 Å². The van der Waals surface area contributed by atoms with Gasteiger partial charge in [-0.25, -0.2) is 16.8 Å². The van der Waals surface area contributed by atoms with Gasteiger partial charge in [0.25, 0.3) is 20.0 Å². The summed E-state index contributed by atoms with van der Waals surface area (Å²) in [5.74, 6) is 0. The third kappa shape index (κ3) is 4.83. The number of hydrogen-bond donors (Lipinski definition) is 2. The number of aryl methyl sites for hydroxylation is 4. The van der Waals surface area contributed by atoms with E-state index in [1.54, 1.807) is 56.3 Å². The predicted octanol–water partition coefficient (Wildman–Crippen LogP) is 4.52. The second kappa shape index (κ2) is 8.12. The van der Waals surface area contributed by atoms with Gasteiger partial charge in [0.05, 0.1) is 15.5 Å². The summed E-state index contributed by atoms with van der Waals surface area (Å²) in [7, 11) is -7.76. The van der Waals surface area contributed by atoms with Crippen molar-refractivity contribution in [1.29, 1.82) is 0 Å². The summed E-state index contributed by atoms with van der Waals surface area (Å²) >= 11 is 0. The Morgan fingerprint density at radius 2 is 1.33 bits per heavy atom. The van der Waals surface area contributed by atoms with Crippen molar-refractivity contribution in [3.63, 3.8) is 0 Å². The molecule has 0 aliphatic heterocycles. The van der Waals surface area contributed by atoms with E-state index in [0.29, 0.717) is 16.8 Å². The molecule has 0 atom stereocenters. The molecule has 0 heterocycles. The monoisotopic (exact) mass is 444 g/mol. The molecule has 3 rings (SSSR count). The maximum Gasteiger partial charge on any atom is 0.262 e. The van der Waals surface area contributed by atoms with Gasteiger partial charge in [0, 0.05) is 5.69 Å². The van der Waals surface area contributed by atoms with E-state index < -0.39 is 20.0 Å². The number of hydrogen-bond acceptors (Lipinski definition) is 4. The smallest absolute Gasteiger partial charge is 0.262 e. The number of sulfonamides is 2. The molecule has 158 valence electrons. The minimum Gasteiger partial charge on any atom is -0.280 e. The van der Waals surface area contributed by atoms with Gasteiger partial charge in [-0.05, 0) is 74.7 Å². The lowest BCUT2D eigenvalue weighted by molar-refractivity contribution is 0.598. The van der Waals surface area contributed by atoms with Gasteiger partial charge >= 0.3 is 0 Å². The molecule has 0 saturated carbocycles. The van der Waals surface area contributed by atoms with Crippen molar-refractivity contribution in [1.82, 2.24) is 0 Å². The van der Waals surface area contributed by atoms with Crippen LogP contribution in [0.4, 0.5) is 11.4 Å². The summed E-state index contributed by atoms with van der Waals surface area (Å²) in [5.41, 5.74) is 3.75. The lowest BCUT2D eigenvalue weighted by Gasteiger charge is -2.15. The molecule has 0 aliphatic carbocycles. The summed E-state index contributed by atoms with van der Waals surface area (Å²) in [4.78, 5) is 0.117. The van der Waals surface area contributed by atoms with Gasteiger partial charge in [0.1, 0.15) is 0 Å². The second-order valence-electron chi connectivity index (χ2n) is 7.33. The molecule has 3 aromatic carbocycles. The SMILES string of the molecule is Cc1cccc(NS(=O)(=O)c2ccc(C)c(NS(=O)(=O)c3ccc(C)cc3C)c2)c1. The molecule has 0 amide bonds. The summed E-state index contributed by atoms with van der Waals surface area (Å²) in [5, 5.41) is 0. The van der Waals surface area contributed by atoms with Gasteiger partial charge in [-0.15, -0.1) is 0 Å². The van der Waals surface area contributed by atoms with E-state index >= 15 is 0 Å². The first-order valence-electron chi connectivity index (χ1n) is 9.28. The van der Waals surface area contributed by atoms with E-state index in [-0.39, 0.29) is 15.5 Å². The van der Waals surface area contributed by atoms with Crippen molar-refractivity contribution in [2.75, 3.05) is 9.44 Å². The van der Waals surface area contributed by atoms with Crippen molar-refractivity contribution in [3.8, 4) is 0 Å². The molecule has 30 heavy (non-hydrogen) atoms. The summed E-state index contributed by atoms with van der Waals surface area (Å²) < 4.78 is 56.5. The van der Waals surface area contributed by atoms with Crippen molar-refractivity contribution in [3.05, 3.63) is 82.9 Å². The largest absolute Gasteiger partial charge is 0.280 e. The first-order valence-corrected chi connectivity index (χ1v) is 12.2. The van der Waals surface area contributed by atoms with Crippen molar-refractivity contribution in [2.45, 2.75) is 37.5 Å². The van der Waals surface area contributed by atoms with Crippen LogP contribution in [0, 0.1) is 27.7 Å². The zero-order valence-electron chi connectivity index (χ0n) is 17.2. The Hall–Kier alpha value is -2.84. The molecule has 2 N–H and O–H groups in total. The highest BCUT2D eigenvalue weighted by Gasteiger charge is 2.21. The Kier molecular flexibility index (Phi) is 5.92. The predicted molar refractivity (Wildman–Crippen MR) is 120 cm³/mol. The van der Waals surface area contributed by atoms with Crippen molar-refractivity contribution >= 4 is 31.4 Å². The van der Waals surface area contributed by atoms with Crippen LogP contribution in [0.5, 0.6) is 0 Å². The van der Waals surface area contributed by atoms with E-state index in [9.17, 15) is 16.8 Å². The van der Waals surface area contributed by atoms with Crippen LogP contribution >= 0.6 is 0 Å². The molecule has 0 aromatic heterocycles. The highest BCUT2D eigenvalue weighted by molar-refractivity contribution is 7.93. The van der Waals surface area contributed by atoms with Crippen LogP contribution in [0.15, 0.2) is 70.5 Å². The molecule has 0 bridgehead atoms. The first-order chi connectivity index (χ1) is 14.0. The van der Waals surface area contributed by atoms with E-state index in [1.165, 1.54) is 12.1 Å². The standard InChI is InChI=1S/C22H24N2O4S2/c1-15-6-5-7-19(13-15)23-29(25,26)20-10-9-17(3)21(14-20)24-30(27,28)22-11-8-16(2)12-18(22)4/h5-14,23-24H,1-4H3. The van der Waals surface area contributed by atoms with E-state index in [1.807, 2.05) is 19.9 Å². The summed E-state index contributed by atoms with van der Waals surface area (Å²) in [6.45, 7) is 7.19. The molecular weight excluding hydrogens is 420 g/mol. The third-order valence-corrected chi connectivity index (χ3v) is 7.56. The summed E-state index contributed by atoms with van der Waals surface area (Å²) in [6, 6.07) is 16.4. The molecular formula is C22H24N2O4S2. The minimum absolute atomic E-state index is 0.0343. The van der Waals surface area contributed by atoms with Crippen LogP contribution in [0.2, 0.25) is 0 Å². The summed E-state index contributed by atoms with van der Waals surface area (Å²) in [6.07, 6.45) is 0. The van der Waals surface area contributed by atoms with E-state index in [2.05, 4.69) is 9.44 Å². The average Bonchev–Trinajstić information content (AvgIpc) is 2.62. The highest BCUT2D eigenvalue weighted by Crippen LogP contribution is 2.26. The molecule has 0 unspecified atom stereocenters. The Bertz CT molecular complexity index is 1310. The first kappa shape index (κ1) is 21.9. The van der Waals surface area contributed by atoms with Crippen LogP contribution in [0.1, 0.15) is 22.3 Å². The molecule has 0 spiro atoms. The van der Waals surface area contributed by atoms with Crippen molar-refractivity contribution < 1.29 is 16.8 Å². The number of anilines is 2. The molecule has 0 radical (unpaired) electrons. The van der Waals surface area contributed by atoms with Crippen molar-refractivity contribution in [2.24, 2.45) is 0 Å². The Morgan fingerprint density at radius 1 is 0.633 bits per heavy atom. The molecule has 0 aliphatic rings. The third-order valence-electron chi connectivity index (χ3n) is 4.65. The molecule has 0 saturated heterocycles. The van der Waals surface area contributed by atoms with Gasteiger partial charge in [0.2, 0.25) is 0 Å². The van der Waals surface area contributed by atoms with E-state index in [4.69, 9.17) is 0 Å². The topological polar surface area (TPSA) is 92.3 Å². The number of nitrogens with one attached hydrogen (secondary N) is 2. The van der Waals surface area contributed by atoms with Crippen LogP contribution in [-0.2, 0) is 20.0 Å². The lowest BCUT2D eigenvalue weighted by atomic mass is 10.2. The molecule has 0 fully saturated rings. The maximum absolute atomic E-state index is 12.9. The fourth-order valence-corrected chi connectivity index (χ4v) is 5.53. The van der Waals surface area contributed by atoms with Gasteiger partial charge in [0.15, 0.2) is 0 Å². The second-order valence-corrected chi connectivity index (χ2v) is 10.7. The fourth-order valence-electron chi connectivity index (χ4n) is 3.10. The Morgan fingerprint density at radius 3 is 2.00 bits per heavy atom. The maximum atomic E-state index is 12.9. The average molecular weight is 445 g/mol. The molecule has 6 nitrogen and oxygen atoms in total. The lowest BCUT2D eigenvalue weighted by Crippen LogP contribution is -2.17. The zero-order valence-corrected chi connectivity index (χ0v) is 18.9. The molecule has 8 heteroatoms. The molecule has 3 aromatic rings. The quantitative estimate of drug-likeness (QED) is 0.585. The zero-order chi connectivity index (χ0) is 22.1. The number of rotatable bonds is 6. The van der Waals surface area contributed by atoms with Crippen LogP contribution in [-0.4, -0.2) is 16.8 Å². The highest BCUT2D eigenvalue weighted by atomic mass is 32.2. The van der Waals surface area contributed by atoms with Gasteiger partial charge in [-0.2, -0.15) is 0 Å². The van der Waals surface area contributed by atoms with Gasteiger partial charge < -0.3 is 0 Å². The normalized spacial score (nSPS) is 11.9. The fraction of sp³-hybridized carbons (Fsp3) is 0.182. The Labute approximate surface area is 178 Å². The minimum atomic E-state index is -3.89. The van der Waals surface area contributed by atoms with Gasteiger partial charge in [-0.3, -0.25) is 9.44 Å². The van der Waals surface area contributed by atoms with Gasteiger partial charge in [-0.1, -0.05) is 35.9 Å².